The van der Waals surface area contributed by atoms with Gasteiger partial charge in [-0.3, -0.25) is 4.79 Å². The van der Waals surface area contributed by atoms with E-state index in [4.69, 9.17) is 4.52 Å². The number of rotatable bonds is 4. The van der Waals surface area contributed by atoms with Gasteiger partial charge in [0, 0.05) is 39.0 Å². The van der Waals surface area contributed by atoms with E-state index in [2.05, 4.69) is 15.5 Å². The molecule has 1 aliphatic rings. The molecule has 6 nitrogen and oxygen atoms in total. The van der Waals surface area contributed by atoms with Crippen molar-refractivity contribution in [2.24, 2.45) is 0 Å². The molecule has 2 aromatic heterocycles. The van der Waals surface area contributed by atoms with Crippen LogP contribution in [-0.4, -0.2) is 47.1 Å². The normalized spacial score (nSPS) is 15.5. The molecular weight excluding hydrogens is 276 g/mol. The van der Waals surface area contributed by atoms with Crippen molar-refractivity contribution in [1.29, 1.82) is 0 Å². The Kier molecular flexibility index (Phi) is 4.08. The zero-order valence-corrected chi connectivity index (χ0v) is 11.9. The summed E-state index contributed by atoms with van der Waals surface area (Å²) >= 11 is 1.57. The van der Waals surface area contributed by atoms with E-state index < -0.39 is 0 Å². The highest BCUT2D eigenvalue weighted by atomic mass is 32.1. The van der Waals surface area contributed by atoms with Crippen molar-refractivity contribution in [2.75, 3.05) is 26.2 Å². The standard InChI is InChI=1S/C13H16N4O2S/c18-12(17-7-5-14-6-8-17)4-3-11-15-13(16-19-11)10-2-1-9-20-10/h1-2,9,14H,3-8H2. The maximum absolute atomic E-state index is 12.0. The van der Waals surface area contributed by atoms with Gasteiger partial charge in [0.2, 0.25) is 17.6 Å². The Bertz CT molecular complexity index is 561. The Hall–Kier alpha value is -1.73. The average molecular weight is 292 g/mol. The molecule has 1 aliphatic heterocycles. The SMILES string of the molecule is O=C(CCc1nc(-c2cccs2)no1)N1CCNCC1. The van der Waals surface area contributed by atoms with E-state index in [1.807, 2.05) is 22.4 Å². The van der Waals surface area contributed by atoms with E-state index in [1.165, 1.54) is 0 Å². The summed E-state index contributed by atoms with van der Waals surface area (Å²) in [6.07, 6.45) is 0.924. The van der Waals surface area contributed by atoms with Crippen LogP contribution in [0.5, 0.6) is 0 Å². The number of carbonyl (C=O) groups is 1. The molecule has 0 bridgehead atoms. The Morgan fingerprint density at radius 2 is 2.30 bits per heavy atom. The molecule has 3 rings (SSSR count). The molecule has 0 spiro atoms. The Balaban J connectivity index is 1.54. The lowest BCUT2D eigenvalue weighted by molar-refractivity contribution is -0.131. The Labute approximate surface area is 120 Å². The predicted molar refractivity (Wildman–Crippen MR) is 75.4 cm³/mol. The summed E-state index contributed by atoms with van der Waals surface area (Å²) in [5.74, 6) is 1.28. The summed E-state index contributed by atoms with van der Waals surface area (Å²) < 4.78 is 5.19. The highest BCUT2D eigenvalue weighted by Gasteiger charge is 2.17. The minimum atomic E-state index is 0.155. The van der Waals surface area contributed by atoms with Gasteiger partial charge in [-0.25, -0.2) is 0 Å². The first-order valence-electron chi connectivity index (χ1n) is 6.68. The van der Waals surface area contributed by atoms with Crippen LogP contribution in [0.4, 0.5) is 0 Å². The molecule has 0 aromatic carbocycles. The number of piperazine rings is 1. The first-order valence-corrected chi connectivity index (χ1v) is 7.56. The lowest BCUT2D eigenvalue weighted by atomic mass is 10.2. The fraction of sp³-hybridized carbons (Fsp3) is 0.462. The van der Waals surface area contributed by atoms with Crippen molar-refractivity contribution in [2.45, 2.75) is 12.8 Å². The van der Waals surface area contributed by atoms with E-state index in [-0.39, 0.29) is 5.91 Å². The Morgan fingerprint density at radius 3 is 3.05 bits per heavy atom. The molecule has 1 amide bonds. The number of amides is 1. The van der Waals surface area contributed by atoms with Crippen LogP contribution in [0.2, 0.25) is 0 Å². The topological polar surface area (TPSA) is 71.3 Å². The van der Waals surface area contributed by atoms with Gasteiger partial charge < -0.3 is 14.7 Å². The maximum atomic E-state index is 12.0. The monoisotopic (exact) mass is 292 g/mol. The third kappa shape index (κ3) is 3.05. The van der Waals surface area contributed by atoms with Crippen molar-refractivity contribution in [3.05, 3.63) is 23.4 Å². The van der Waals surface area contributed by atoms with E-state index in [1.54, 1.807) is 11.3 Å². The number of hydrogen-bond acceptors (Lipinski definition) is 6. The molecule has 0 aliphatic carbocycles. The zero-order chi connectivity index (χ0) is 13.8. The van der Waals surface area contributed by atoms with E-state index in [9.17, 15) is 4.79 Å². The molecule has 1 fully saturated rings. The van der Waals surface area contributed by atoms with E-state index in [0.29, 0.717) is 24.6 Å². The van der Waals surface area contributed by atoms with Crippen molar-refractivity contribution in [3.63, 3.8) is 0 Å². The largest absolute Gasteiger partial charge is 0.340 e. The number of thiophene rings is 1. The molecule has 2 aromatic rings. The summed E-state index contributed by atoms with van der Waals surface area (Å²) in [5.41, 5.74) is 0. The summed E-state index contributed by atoms with van der Waals surface area (Å²) in [6, 6.07) is 3.90. The molecule has 1 saturated heterocycles. The van der Waals surface area contributed by atoms with Crippen LogP contribution >= 0.6 is 11.3 Å². The van der Waals surface area contributed by atoms with Crippen LogP contribution in [0.3, 0.4) is 0 Å². The quantitative estimate of drug-likeness (QED) is 0.915. The molecule has 106 valence electrons. The fourth-order valence-electron chi connectivity index (χ4n) is 2.15. The highest BCUT2D eigenvalue weighted by Crippen LogP contribution is 2.21. The minimum Gasteiger partial charge on any atom is -0.340 e. The summed E-state index contributed by atoms with van der Waals surface area (Å²) in [5, 5.41) is 9.14. The Morgan fingerprint density at radius 1 is 1.45 bits per heavy atom. The van der Waals surface area contributed by atoms with Crippen molar-refractivity contribution < 1.29 is 9.32 Å². The second-order valence-electron chi connectivity index (χ2n) is 4.62. The first kappa shape index (κ1) is 13.3. The number of aryl methyl sites for hydroxylation is 1. The van der Waals surface area contributed by atoms with Crippen LogP contribution < -0.4 is 5.32 Å². The lowest BCUT2D eigenvalue weighted by Gasteiger charge is -2.27. The average Bonchev–Trinajstić information content (AvgIpc) is 3.16. The van der Waals surface area contributed by atoms with Crippen LogP contribution in [0.15, 0.2) is 22.0 Å². The van der Waals surface area contributed by atoms with Crippen molar-refractivity contribution in [1.82, 2.24) is 20.4 Å². The second kappa shape index (κ2) is 6.15. The number of carbonyl (C=O) groups excluding carboxylic acids is 1. The fourth-order valence-corrected chi connectivity index (χ4v) is 2.80. The highest BCUT2D eigenvalue weighted by molar-refractivity contribution is 7.13. The number of aromatic nitrogens is 2. The van der Waals surface area contributed by atoms with E-state index >= 15 is 0 Å². The molecule has 7 heteroatoms. The molecule has 0 saturated carbocycles. The number of hydrogen-bond donors (Lipinski definition) is 1. The van der Waals surface area contributed by atoms with Gasteiger partial charge in [-0.05, 0) is 11.4 Å². The molecular formula is C13H16N4O2S. The molecule has 0 atom stereocenters. The van der Waals surface area contributed by atoms with Gasteiger partial charge >= 0.3 is 0 Å². The van der Waals surface area contributed by atoms with E-state index in [0.717, 1.165) is 31.1 Å². The maximum Gasteiger partial charge on any atom is 0.227 e. The smallest absolute Gasteiger partial charge is 0.227 e. The van der Waals surface area contributed by atoms with Gasteiger partial charge in [0.25, 0.3) is 0 Å². The summed E-state index contributed by atoms with van der Waals surface area (Å²) in [7, 11) is 0. The summed E-state index contributed by atoms with van der Waals surface area (Å²) in [4.78, 5) is 19.2. The summed E-state index contributed by atoms with van der Waals surface area (Å²) in [6.45, 7) is 3.30. The van der Waals surface area contributed by atoms with Crippen LogP contribution in [0, 0.1) is 0 Å². The molecule has 3 heterocycles. The van der Waals surface area contributed by atoms with Gasteiger partial charge in [0.1, 0.15) is 0 Å². The first-order chi connectivity index (χ1) is 9.83. The number of nitrogens with one attached hydrogen (secondary N) is 1. The van der Waals surface area contributed by atoms with Crippen LogP contribution in [0.25, 0.3) is 10.7 Å². The van der Waals surface area contributed by atoms with Gasteiger partial charge in [-0.1, -0.05) is 11.2 Å². The lowest BCUT2D eigenvalue weighted by Crippen LogP contribution is -2.46. The van der Waals surface area contributed by atoms with Gasteiger partial charge in [-0.15, -0.1) is 11.3 Å². The zero-order valence-electron chi connectivity index (χ0n) is 11.0. The molecule has 1 N–H and O–H groups in total. The van der Waals surface area contributed by atoms with Crippen LogP contribution in [-0.2, 0) is 11.2 Å². The van der Waals surface area contributed by atoms with Gasteiger partial charge in [0.15, 0.2) is 0 Å². The van der Waals surface area contributed by atoms with Crippen molar-refractivity contribution >= 4 is 17.2 Å². The minimum absolute atomic E-state index is 0.155. The third-order valence-electron chi connectivity index (χ3n) is 3.23. The van der Waals surface area contributed by atoms with Gasteiger partial charge in [0.05, 0.1) is 4.88 Å². The molecule has 0 radical (unpaired) electrons. The second-order valence-corrected chi connectivity index (χ2v) is 5.57. The molecule has 20 heavy (non-hydrogen) atoms. The predicted octanol–water partition coefficient (Wildman–Crippen LogP) is 1.16. The van der Waals surface area contributed by atoms with Crippen LogP contribution in [0.1, 0.15) is 12.3 Å². The van der Waals surface area contributed by atoms with Gasteiger partial charge in [-0.2, -0.15) is 4.98 Å². The molecule has 0 unspecified atom stereocenters. The van der Waals surface area contributed by atoms with Crippen molar-refractivity contribution in [3.8, 4) is 10.7 Å². The third-order valence-corrected chi connectivity index (χ3v) is 4.10. The number of nitrogens with zero attached hydrogens (tertiary/aromatic N) is 3.